The molecule has 0 aromatic heterocycles. The van der Waals surface area contributed by atoms with Crippen molar-refractivity contribution >= 4 is 5.78 Å². The molecule has 0 bridgehead atoms. The Bertz CT molecular complexity index is 889. The molecule has 5 aliphatic carbocycles. The van der Waals surface area contributed by atoms with Gasteiger partial charge in [-0.05, 0) is 90.8 Å². The van der Waals surface area contributed by atoms with Gasteiger partial charge in [0.15, 0.2) is 0 Å². The third kappa shape index (κ3) is 2.85. The summed E-state index contributed by atoms with van der Waals surface area (Å²) in [6.07, 6.45) is 11.6. The summed E-state index contributed by atoms with van der Waals surface area (Å²) in [6, 6.07) is 0. The van der Waals surface area contributed by atoms with Crippen molar-refractivity contribution in [1.29, 1.82) is 0 Å². The Morgan fingerprint density at radius 2 is 1.61 bits per heavy atom. The highest BCUT2D eigenvalue weighted by molar-refractivity contribution is 5.86. The number of fused-ring (bicyclic) bond motifs is 7. The van der Waals surface area contributed by atoms with Crippen LogP contribution in [0.25, 0.3) is 0 Å². The van der Waals surface area contributed by atoms with Crippen LogP contribution in [0.15, 0.2) is 11.6 Å². The number of allylic oxidation sites excluding steroid dienone is 2. The zero-order valence-corrected chi connectivity index (χ0v) is 22.3. The van der Waals surface area contributed by atoms with Crippen LogP contribution in [0.5, 0.6) is 0 Å². The summed E-state index contributed by atoms with van der Waals surface area (Å²) in [5.74, 6) is 1.56. The van der Waals surface area contributed by atoms with Crippen molar-refractivity contribution in [1.82, 2.24) is 0 Å². The Balaban J connectivity index is 1.59. The fourth-order valence-electron chi connectivity index (χ4n) is 10.5. The lowest BCUT2D eigenvalue weighted by molar-refractivity contribution is -0.196. The first-order valence-electron chi connectivity index (χ1n) is 13.7. The lowest BCUT2D eigenvalue weighted by Crippen LogP contribution is -2.65. The number of rotatable bonds is 1. The molecule has 4 fully saturated rings. The maximum absolute atomic E-state index is 13.0. The van der Waals surface area contributed by atoms with Crippen molar-refractivity contribution in [2.75, 3.05) is 6.61 Å². The van der Waals surface area contributed by atoms with Gasteiger partial charge < -0.3 is 10.2 Å². The summed E-state index contributed by atoms with van der Waals surface area (Å²) < 4.78 is 0. The average molecular weight is 457 g/mol. The van der Waals surface area contributed by atoms with E-state index in [4.69, 9.17) is 0 Å². The number of carbonyl (C=O) groups excluding carboxylic acids is 1. The average Bonchev–Trinajstić information content (AvgIpc) is 2.73. The quantitative estimate of drug-likeness (QED) is 0.454. The van der Waals surface area contributed by atoms with Crippen LogP contribution in [0.1, 0.15) is 106 Å². The molecule has 0 aromatic carbocycles. The summed E-state index contributed by atoms with van der Waals surface area (Å²) in [7, 11) is 0. The van der Waals surface area contributed by atoms with Gasteiger partial charge in [0.25, 0.3) is 0 Å². The molecule has 0 spiro atoms. The molecule has 0 aromatic rings. The van der Waals surface area contributed by atoms with Crippen molar-refractivity contribution in [3.63, 3.8) is 0 Å². The lowest BCUT2D eigenvalue weighted by Gasteiger charge is -2.71. The molecule has 1 unspecified atom stereocenters. The molecule has 9 atom stereocenters. The SMILES string of the molecule is CC1(C)CC(O)[C@]2(C)CC[C@]3(C)C(=CC[C@H]4[C@@]5(C)CCC(=O)[C@](C)(CO)[C@H]5CC[C@]43C)[C@H]2C1. The van der Waals surface area contributed by atoms with Crippen LogP contribution in [-0.2, 0) is 4.79 Å². The first kappa shape index (κ1) is 24.0. The van der Waals surface area contributed by atoms with Gasteiger partial charge in [-0.1, -0.05) is 60.1 Å². The van der Waals surface area contributed by atoms with Gasteiger partial charge in [0, 0.05) is 11.8 Å². The Kier molecular flexibility index (Phi) is 5.07. The molecule has 0 saturated heterocycles. The highest BCUT2D eigenvalue weighted by atomic mass is 16.3. The van der Waals surface area contributed by atoms with Crippen LogP contribution < -0.4 is 0 Å². The highest BCUT2D eigenvalue weighted by Gasteiger charge is 2.69. The van der Waals surface area contributed by atoms with Gasteiger partial charge in [-0.3, -0.25) is 4.79 Å². The Morgan fingerprint density at radius 3 is 2.27 bits per heavy atom. The van der Waals surface area contributed by atoms with Gasteiger partial charge in [0.2, 0.25) is 0 Å². The summed E-state index contributed by atoms with van der Waals surface area (Å²) in [5.41, 5.74) is 1.69. The summed E-state index contributed by atoms with van der Waals surface area (Å²) >= 11 is 0. The van der Waals surface area contributed by atoms with Crippen molar-refractivity contribution in [3.8, 4) is 0 Å². The maximum atomic E-state index is 13.0. The fraction of sp³-hybridized carbons (Fsp3) is 0.900. The van der Waals surface area contributed by atoms with E-state index >= 15 is 0 Å². The zero-order valence-electron chi connectivity index (χ0n) is 22.3. The van der Waals surface area contributed by atoms with Gasteiger partial charge >= 0.3 is 0 Å². The number of hydrogen-bond acceptors (Lipinski definition) is 3. The summed E-state index contributed by atoms with van der Waals surface area (Å²) in [4.78, 5) is 13.0. The minimum Gasteiger partial charge on any atom is -0.395 e. The van der Waals surface area contributed by atoms with Gasteiger partial charge in [0.1, 0.15) is 5.78 Å². The molecule has 186 valence electrons. The number of aliphatic hydroxyl groups excluding tert-OH is 2. The minimum absolute atomic E-state index is 0.00210. The molecule has 33 heavy (non-hydrogen) atoms. The van der Waals surface area contributed by atoms with Crippen LogP contribution in [0, 0.1) is 50.2 Å². The molecule has 0 radical (unpaired) electrons. The van der Waals surface area contributed by atoms with Crippen LogP contribution >= 0.6 is 0 Å². The predicted molar refractivity (Wildman–Crippen MR) is 133 cm³/mol. The number of ketones is 1. The van der Waals surface area contributed by atoms with E-state index in [0.29, 0.717) is 18.3 Å². The van der Waals surface area contributed by atoms with Crippen molar-refractivity contribution < 1.29 is 15.0 Å². The number of hydrogen-bond donors (Lipinski definition) is 2. The second-order valence-electron chi connectivity index (χ2n) is 14.9. The number of Topliss-reactive ketones (excluding diaryl/α,β-unsaturated/α-hetero) is 1. The third-order valence-electron chi connectivity index (χ3n) is 13.0. The fourth-order valence-corrected chi connectivity index (χ4v) is 10.5. The summed E-state index contributed by atoms with van der Waals surface area (Å²) in [5, 5.41) is 21.6. The molecular weight excluding hydrogens is 408 g/mol. The monoisotopic (exact) mass is 456 g/mol. The van der Waals surface area contributed by atoms with E-state index in [9.17, 15) is 15.0 Å². The van der Waals surface area contributed by atoms with E-state index in [0.717, 1.165) is 44.9 Å². The van der Waals surface area contributed by atoms with Gasteiger partial charge in [-0.25, -0.2) is 0 Å². The summed E-state index contributed by atoms with van der Waals surface area (Å²) in [6.45, 7) is 16.7. The zero-order chi connectivity index (χ0) is 24.2. The van der Waals surface area contributed by atoms with Gasteiger partial charge in [-0.15, -0.1) is 0 Å². The predicted octanol–water partition coefficient (Wildman–Crippen LogP) is 6.32. The molecular formula is C30H48O3. The smallest absolute Gasteiger partial charge is 0.141 e. The van der Waals surface area contributed by atoms with Crippen molar-refractivity contribution in [3.05, 3.63) is 11.6 Å². The normalized spacial score (nSPS) is 55.5. The standard InChI is InChI=1S/C30H48O3/c1-25(2)16-20-19-8-9-22-27(4)12-11-23(32)28(5,18-31)21(27)10-13-30(22,7)29(19,6)15-14-26(20,3)24(33)17-25/h8,20-22,24,31,33H,9-18H2,1-7H3/t20-,21+,22+,24?,26-,27+,28-,29-,30-/m1/s1. The number of aliphatic hydroxyl groups is 2. The van der Waals surface area contributed by atoms with Crippen molar-refractivity contribution in [2.45, 2.75) is 112 Å². The number of carbonyl (C=O) groups is 1. The molecule has 0 aliphatic heterocycles. The largest absolute Gasteiger partial charge is 0.395 e. The van der Waals surface area contributed by atoms with Crippen LogP contribution in [0.2, 0.25) is 0 Å². The minimum atomic E-state index is -0.581. The molecule has 3 nitrogen and oxygen atoms in total. The second kappa shape index (κ2) is 6.96. The van der Waals surface area contributed by atoms with E-state index in [1.165, 1.54) is 6.42 Å². The Hall–Kier alpha value is -0.670. The molecule has 2 N–H and O–H groups in total. The first-order chi connectivity index (χ1) is 15.2. The van der Waals surface area contributed by atoms with Crippen LogP contribution in [0.3, 0.4) is 0 Å². The van der Waals surface area contributed by atoms with E-state index in [1.54, 1.807) is 5.57 Å². The highest BCUT2D eigenvalue weighted by Crippen LogP contribution is 2.75. The topological polar surface area (TPSA) is 57.5 Å². The first-order valence-corrected chi connectivity index (χ1v) is 13.7. The maximum Gasteiger partial charge on any atom is 0.141 e. The van der Waals surface area contributed by atoms with E-state index in [1.807, 2.05) is 6.92 Å². The Labute approximate surface area is 201 Å². The van der Waals surface area contributed by atoms with E-state index < -0.39 is 5.41 Å². The van der Waals surface area contributed by atoms with E-state index in [2.05, 4.69) is 47.6 Å². The molecule has 5 rings (SSSR count). The lowest BCUT2D eigenvalue weighted by atomic mass is 9.33. The van der Waals surface area contributed by atoms with Crippen LogP contribution in [-0.4, -0.2) is 28.7 Å². The van der Waals surface area contributed by atoms with Crippen LogP contribution in [0.4, 0.5) is 0 Å². The molecule has 0 heterocycles. The Morgan fingerprint density at radius 1 is 0.909 bits per heavy atom. The molecule has 5 aliphatic rings. The molecule has 4 saturated carbocycles. The second-order valence-corrected chi connectivity index (χ2v) is 14.9. The van der Waals surface area contributed by atoms with Gasteiger partial charge in [0.05, 0.1) is 18.1 Å². The molecule has 0 amide bonds. The third-order valence-corrected chi connectivity index (χ3v) is 13.0. The van der Waals surface area contributed by atoms with Gasteiger partial charge in [-0.2, -0.15) is 0 Å². The van der Waals surface area contributed by atoms with Crippen molar-refractivity contribution in [2.24, 2.45) is 50.2 Å². The molecule has 3 heteroatoms. The van der Waals surface area contributed by atoms with E-state index in [-0.39, 0.29) is 51.5 Å².